The summed E-state index contributed by atoms with van der Waals surface area (Å²) >= 11 is 0. The molecule has 0 aliphatic carbocycles. The molecule has 1 saturated heterocycles. The van der Waals surface area contributed by atoms with Crippen LogP contribution in [-0.2, 0) is 6.54 Å². The normalized spacial score (nSPS) is 13.1. The van der Waals surface area contributed by atoms with E-state index in [2.05, 4.69) is 20.2 Å². The average molecular weight is 413 g/mol. The van der Waals surface area contributed by atoms with Crippen LogP contribution >= 0.6 is 0 Å². The lowest BCUT2D eigenvalue weighted by Crippen LogP contribution is -2.37. The summed E-state index contributed by atoms with van der Waals surface area (Å²) in [6.45, 7) is 2.58. The molecule has 31 heavy (non-hydrogen) atoms. The summed E-state index contributed by atoms with van der Waals surface area (Å²) in [7, 11) is 1.64. The van der Waals surface area contributed by atoms with Gasteiger partial charge in [0.25, 0.3) is 5.91 Å². The molecule has 1 fully saturated rings. The molecule has 0 spiro atoms. The number of amides is 1. The lowest BCUT2D eigenvalue weighted by molar-refractivity contribution is 0.101. The number of anilines is 2. The van der Waals surface area contributed by atoms with Crippen molar-refractivity contribution >= 4 is 28.4 Å². The molecular weight excluding hydrogens is 390 g/mol. The molecule has 3 aromatic heterocycles. The number of methoxy groups -OCH3 is 1. The smallest absolute Gasteiger partial charge is 0.272 e. The van der Waals surface area contributed by atoms with Crippen LogP contribution in [0.5, 0.6) is 5.75 Å². The van der Waals surface area contributed by atoms with Crippen molar-refractivity contribution in [2.75, 3.05) is 30.4 Å². The number of hydrogen-bond donors (Lipinski definition) is 1. The molecule has 7 heteroatoms. The average Bonchev–Trinajstić information content (AvgIpc) is 3.13. The van der Waals surface area contributed by atoms with Crippen LogP contribution in [0.15, 0.2) is 67.0 Å². The lowest BCUT2D eigenvalue weighted by atomic mass is 10.2. The summed E-state index contributed by atoms with van der Waals surface area (Å²) in [6, 6.07) is 17.4. The molecule has 0 bridgehead atoms. The second-order valence-corrected chi connectivity index (χ2v) is 7.58. The van der Waals surface area contributed by atoms with Crippen LogP contribution in [0.3, 0.4) is 0 Å². The van der Waals surface area contributed by atoms with Crippen molar-refractivity contribution in [3.8, 4) is 5.75 Å². The maximum atomic E-state index is 13.2. The summed E-state index contributed by atoms with van der Waals surface area (Å²) in [6.07, 6.45) is 4.65. The van der Waals surface area contributed by atoms with Crippen molar-refractivity contribution in [1.29, 1.82) is 0 Å². The molecule has 4 aromatic rings. The number of carbonyl (C=O) groups is 1. The summed E-state index contributed by atoms with van der Waals surface area (Å²) in [5, 5.41) is 3.90. The minimum absolute atomic E-state index is 0.195. The molecule has 156 valence electrons. The Kier molecular flexibility index (Phi) is 5.00. The predicted molar refractivity (Wildman–Crippen MR) is 121 cm³/mol. The Morgan fingerprint density at radius 1 is 1.10 bits per heavy atom. The number of fused-ring (bicyclic) bond motifs is 1. The highest BCUT2D eigenvalue weighted by Gasteiger charge is 2.18. The van der Waals surface area contributed by atoms with Gasteiger partial charge in [0.1, 0.15) is 22.9 Å². The number of benzene rings is 1. The number of aromatic nitrogens is 3. The maximum Gasteiger partial charge on any atom is 0.272 e. The first-order valence-electron chi connectivity index (χ1n) is 10.3. The predicted octanol–water partition coefficient (Wildman–Crippen LogP) is 3.95. The van der Waals surface area contributed by atoms with Crippen LogP contribution in [0.4, 0.5) is 11.5 Å². The van der Waals surface area contributed by atoms with Crippen molar-refractivity contribution in [1.82, 2.24) is 14.5 Å². The van der Waals surface area contributed by atoms with E-state index in [9.17, 15) is 4.79 Å². The molecule has 0 unspecified atom stereocenters. The highest BCUT2D eigenvalue weighted by atomic mass is 16.5. The van der Waals surface area contributed by atoms with E-state index in [1.165, 1.54) is 6.42 Å². The van der Waals surface area contributed by atoms with Gasteiger partial charge in [-0.3, -0.25) is 4.79 Å². The Hall–Kier alpha value is -3.87. The Labute approximate surface area is 180 Å². The van der Waals surface area contributed by atoms with Gasteiger partial charge in [-0.15, -0.1) is 0 Å². The van der Waals surface area contributed by atoms with Crippen LogP contribution in [0.25, 0.3) is 11.0 Å². The van der Waals surface area contributed by atoms with Crippen LogP contribution in [0.1, 0.15) is 22.5 Å². The van der Waals surface area contributed by atoms with E-state index in [4.69, 9.17) is 4.74 Å². The fraction of sp³-hybridized carbons (Fsp3) is 0.208. The monoisotopic (exact) mass is 413 g/mol. The topological polar surface area (TPSA) is 72.3 Å². The lowest BCUT2D eigenvalue weighted by Gasteiger charge is -2.31. The summed E-state index contributed by atoms with van der Waals surface area (Å²) in [4.78, 5) is 24.4. The van der Waals surface area contributed by atoms with Crippen molar-refractivity contribution in [2.24, 2.45) is 0 Å². The van der Waals surface area contributed by atoms with Gasteiger partial charge in [-0.1, -0.05) is 12.1 Å². The van der Waals surface area contributed by atoms with E-state index in [1.807, 2.05) is 59.2 Å². The molecule has 1 aromatic carbocycles. The first kappa shape index (κ1) is 19.1. The van der Waals surface area contributed by atoms with E-state index in [-0.39, 0.29) is 5.91 Å². The van der Waals surface area contributed by atoms with E-state index < -0.39 is 0 Å². The molecule has 0 saturated carbocycles. The van der Waals surface area contributed by atoms with Gasteiger partial charge < -0.3 is 19.5 Å². The Morgan fingerprint density at radius 3 is 2.74 bits per heavy atom. The zero-order valence-corrected chi connectivity index (χ0v) is 17.3. The van der Waals surface area contributed by atoms with Crippen LogP contribution in [-0.4, -0.2) is 40.6 Å². The minimum Gasteiger partial charge on any atom is -0.497 e. The highest BCUT2D eigenvalue weighted by molar-refractivity contribution is 6.06. The third kappa shape index (κ3) is 3.82. The standard InChI is InChI=1S/C24H23N5O2/c1-31-20-7-2-5-17(13-20)16-29-21(14-18-6-3-10-25-23(18)29)24(30)27-19-8-9-22(26-15-19)28-11-4-12-28/h2-3,5-10,13-15H,4,11-12,16H2,1H3,(H,27,30). The number of hydrogen-bond acceptors (Lipinski definition) is 5. The first-order valence-corrected chi connectivity index (χ1v) is 10.3. The molecule has 1 aliphatic rings. The summed E-state index contributed by atoms with van der Waals surface area (Å²) in [5.74, 6) is 1.53. The molecular formula is C24H23N5O2. The van der Waals surface area contributed by atoms with Gasteiger partial charge >= 0.3 is 0 Å². The molecule has 4 heterocycles. The van der Waals surface area contributed by atoms with Crippen LogP contribution < -0.4 is 15.0 Å². The number of ether oxygens (including phenoxy) is 1. The molecule has 0 radical (unpaired) electrons. The number of nitrogens with zero attached hydrogens (tertiary/aromatic N) is 4. The van der Waals surface area contributed by atoms with Gasteiger partial charge in [0.15, 0.2) is 0 Å². The van der Waals surface area contributed by atoms with Gasteiger partial charge in [0, 0.05) is 31.2 Å². The second-order valence-electron chi connectivity index (χ2n) is 7.58. The van der Waals surface area contributed by atoms with Crippen molar-refractivity contribution < 1.29 is 9.53 Å². The van der Waals surface area contributed by atoms with E-state index in [1.54, 1.807) is 19.5 Å². The van der Waals surface area contributed by atoms with Gasteiger partial charge in [-0.25, -0.2) is 9.97 Å². The van der Waals surface area contributed by atoms with E-state index in [0.29, 0.717) is 17.9 Å². The second kappa shape index (κ2) is 8.10. The maximum absolute atomic E-state index is 13.2. The zero-order chi connectivity index (χ0) is 21.2. The van der Waals surface area contributed by atoms with Gasteiger partial charge in [-0.05, 0) is 54.4 Å². The Bertz CT molecular complexity index is 1230. The number of nitrogens with one attached hydrogen (secondary N) is 1. The number of pyridine rings is 2. The van der Waals surface area contributed by atoms with E-state index in [0.717, 1.165) is 41.3 Å². The molecule has 0 atom stereocenters. The largest absolute Gasteiger partial charge is 0.497 e. The third-order valence-corrected chi connectivity index (χ3v) is 5.55. The van der Waals surface area contributed by atoms with Crippen LogP contribution in [0, 0.1) is 0 Å². The Morgan fingerprint density at radius 2 is 2.00 bits per heavy atom. The molecule has 1 amide bonds. The van der Waals surface area contributed by atoms with Crippen molar-refractivity contribution in [2.45, 2.75) is 13.0 Å². The van der Waals surface area contributed by atoms with E-state index >= 15 is 0 Å². The van der Waals surface area contributed by atoms with Gasteiger partial charge in [0.05, 0.1) is 19.0 Å². The minimum atomic E-state index is -0.195. The zero-order valence-electron chi connectivity index (χ0n) is 17.3. The molecule has 7 nitrogen and oxygen atoms in total. The highest BCUT2D eigenvalue weighted by Crippen LogP contribution is 2.23. The first-order chi connectivity index (χ1) is 15.2. The van der Waals surface area contributed by atoms with Gasteiger partial charge in [0.2, 0.25) is 0 Å². The number of carbonyl (C=O) groups excluding carboxylic acids is 1. The van der Waals surface area contributed by atoms with Gasteiger partial charge in [-0.2, -0.15) is 0 Å². The third-order valence-electron chi connectivity index (χ3n) is 5.55. The fourth-order valence-electron chi connectivity index (χ4n) is 3.78. The molecule has 1 aliphatic heterocycles. The number of rotatable bonds is 6. The molecule has 5 rings (SSSR count). The Balaban J connectivity index is 1.44. The van der Waals surface area contributed by atoms with Crippen LogP contribution in [0.2, 0.25) is 0 Å². The SMILES string of the molecule is COc1cccc(Cn2c(C(=O)Nc3ccc(N4CCC4)nc3)cc3cccnc32)c1. The van der Waals surface area contributed by atoms with Crippen molar-refractivity contribution in [3.63, 3.8) is 0 Å². The quantitative estimate of drug-likeness (QED) is 0.518. The fourth-order valence-corrected chi connectivity index (χ4v) is 3.78. The van der Waals surface area contributed by atoms with Crippen molar-refractivity contribution in [3.05, 3.63) is 78.2 Å². The molecule has 1 N–H and O–H groups in total. The summed E-state index contributed by atoms with van der Waals surface area (Å²) < 4.78 is 7.27. The summed E-state index contributed by atoms with van der Waals surface area (Å²) in [5.41, 5.74) is 3.00.